The fraction of sp³-hybridized carbons (Fsp3) is 0.647. The topological polar surface area (TPSA) is 12.0 Å². The SMILES string of the molecule is CCCNC(CSCCC)Cc1cc(C)cc(C)c1. The van der Waals surface area contributed by atoms with Gasteiger partial charge in [0.25, 0.3) is 0 Å². The van der Waals surface area contributed by atoms with Crippen molar-refractivity contribution in [1.82, 2.24) is 5.32 Å². The molecule has 0 heterocycles. The van der Waals surface area contributed by atoms with E-state index in [0.29, 0.717) is 6.04 Å². The van der Waals surface area contributed by atoms with E-state index in [1.165, 1.54) is 41.0 Å². The first-order chi connectivity index (χ1) is 9.15. The second kappa shape index (κ2) is 9.44. The van der Waals surface area contributed by atoms with E-state index in [2.05, 4.69) is 63.0 Å². The second-order valence-electron chi connectivity index (χ2n) is 5.43. The van der Waals surface area contributed by atoms with Crippen LogP contribution in [0.4, 0.5) is 0 Å². The summed E-state index contributed by atoms with van der Waals surface area (Å²) >= 11 is 2.08. The molecule has 0 aliphatic carbocycles. The van der Waals surface area contributed by atoms with E-state index in [9.17, 15) is 0 Å². The van der Waals surface area contributed by atoms with Crippen LogP contribution in [-0.4, -0.2) is 24.1 Å². The molecule has 2 heteroatoms. The zero-order valence-electron chi connectivity index (χ0n) is 13.0. The molecule has 1 unspecified atom stereocenters. The zero-order chi connectivity index (χ0) is 14.1. The molecule has 0 saturated heterocycles. The summed E-state index contributed by atoms with van der Waals surface area (Å²) in [5.74, 6) is 2.50. The molecule has 0 spiro atoms. The Labute approximate surface area is 123 Å². The van der Waals surface area contributed by atoms with Gasteiger partial charge < -0.3 is 5.32 Å². The Balaban J connectivity index is 2.58. The lowest BCUT2D eigenvalue weighted by Crippen LogP contribution is -2.34. The van der Waals surface area contributed by atoms with E-state index in [1.807, 2.05) is 0 Å². The Morgan fingerprint density at radius 2 is 1.74 bits per heavy atom. The van der Waals surface area contributed by atoms with Gasteiger partial charge in [0, 0.05) is 11.8 Å². The highest BCUT2D eigenvalue weighted by molar-refractivity contribution is 7.99. The Morgan fingerprint density at radius 3 is 2.32 bits per heavy atom. The first-order valence-electron chi connectivity index (χ1n) is 7.54. The smallest absolute Gasteiger partial charge is 0.0198 e. The summed E-state index contributed by atoms with van der Waals surface area (Å²) in [5, 5.41) is 3.69. The van der Waals surface area contributed by atoms with Gasteiger partial charge in [-0.25, -0.2) is 0 Å². The van der Waals surface area contributed by atoms with Crippen LogP contribution >= 0.6 is 11.8 Å². The molecule has 1 aromatic rings. The summed E-state index contributed by atoms with van der Waals surface area (Å²) in [6, 6.07) is 7.53. The molecule has 19 heavy (non-hydrogen) atoms. The molecule has 1 rings (SSSR count). The maximum Gasteiger partial charge on any atom is 0.0198 e. The van der Waals surface area contributed by atoms with Gasteiger partial charge in [0.1, 0.15) is 0 Å². The van der Waals surface area contributed by atoms with Crippen LogP contribution in [0.1, 0.15) is 43.4 Å². The van der Waals surface area contributed by atoms with Gasteiger partial charge in [0.05, 0.1) is 0 Å². The van der Waals surface area contributed by atoms with E-state index in [-0.39, 0.29) is 0 Å². The first-order valence-corrected chi connectivity index (χ1v) is 8.69. The van der Waals surface area contributed by atoms with Crippen molar-refractivity contribution in [3.05, 3.63) is 34.9 Å². The zero-order valence-corrected chi connectivity index (χ0v) is 13.8. The molecule has 0 radical (unpaired) electrons. The predicted molar refractivity (Wildman–Crippen MR) is 89.3 cm³/mol. The molecule has 1 N–H and O–H groups in total. The van der Waals surface area contributed by atoms with Crippen LogP contribution < -0.4 is 5.32 Å². The minimum atomic E-state index is 0.609. The number of benzene rings is 1. The third-order valence-corrected chi connectivity index (χ3v) is 4.45. The molecule has 108 valence electrons. The quantitative estimate of drug-likeness (QED) is 0.674. The Bertz CT molecular complexity index is 342. The lowest BCUT2D eigenvalue weighted by molar-refractivity contribution is 0.550. The number of nitrogens with one attached hydrogen (secondary N) is 1. The number of thioether (sulfide) groups is 1. The van der Waals surface area contributed by atoms with E-state index in [4.69, 9.17) is 0 Å². The van der Waals surface area contributed by atoms with Crippen LogP contribution in [0.5, 0.6) is 0 Å². The number of aryl methyl sites for hydroxylation is 2. The van der Waals surface area contributed by atoms with Gasteiger partial charge in [-0.2, -0.15) is 11.8 Å². The predicted octanol–water partition coefficient (Wildman–Crippen LogP) is 4.36. The average Bonchev–Trinajstić information content (AvgIpc) is 2.34. The minimum absolute atomic E-state index is 0.609. The molecule has 1 nitrogen and oxygen atoms in total. The van der Waals surface area contributed by atoms with Crippen LogP contribution in [0.2, 0.25) is 0 Å². The molecule has 0 bridgehead atoms. The van der Waals surface area contributed by atoms with Crippen molar-refractivity contribution >= 4 is 11.8 Å². The number of rotatable bonds is 9. The molecular weight excluding hydrogens is 250 g/mol. The Kier molecular flexibility index (Phi) is 8.24. The van der Waals surface area contributed by atoms with E-state index < -0.39 is 0 Å². The molecule has 0 aliphatic rings. The number of hydrogen-bond acceptors (Lipinski definition) is 2. The lowest BCUT2D eigenvalue weighted by atomic mass is 10.0. The van der Waals surface area contributed by atoms with Crippen molar-refractivity contribution in [2.24, 2.45) is 0 Å². The molecule has 0 aromatic heterocycles. The van der Waals surface area contributed by atoms with E-state index >= 15 is 0 Å². The third-order valence-electron chi connectivity index (χ3n) is 3.11. The van der Waals surface area contributed by atoms with Gasteiger partial charge >= 0.3 is 0 Å². The monoisotopic (exact) mass is 279 g/mol. The maximum atomic E-state index is 3.69. The van der Waals surface area contributed by atoms with Gasteiger partial charge in [-0.05, 0) is 51.0 Å². The number of hydrogen-bond donors (Lipinski definition) is 1. The highest BCUT2D eigenvalue weighted by Crippen LogP contribution is 2.14. The van der Waals surface area contributed by atoms with Crippen molar-refractivity contribution in [2.75, 3.05) is 18.1 Å². The van der Waals surface area contributed by atoms with Crippen molar-refractivity contribution in [2.45, 2.75) is 53.0 Å². The second-order valence-corrected chi connectivity index (χ2v) is 6.58. The summed E-state index contributed by atoms with van der Waals surface area (Å²) < 4.78 is 0. The molecule has 0 amide bonds. The van der Waals surface area contributed by atoms with Gasteiger partial charge in [-0.15, -0.1) is 0 Å². The summed E-state index contributed by atoms with van der Waals surface area (Å²) in [5.41, 5.74) is 4.24. The van der Waals surface area contributed by atoms with Gasteiger partial charge in [-0.1, -0.05) is 43.2 Å². The van der Waals surface area contributed by atoms with E-state index in [0.717, 1.165) is 13.0 Å². The van der Waals surface area contributed by atoms with E-state index in [1.54, 1.807) is 0 Å². The standard InChI is InChI=1S/C17H29NS/c1-5-7-18-17(13-19-8-6-2)12-16-10-14(3)9-15(4)11-16/h9-11,17-18H,5-8,12-13H2,1-4H3. The first kappa shape index (κ1) is 16.6. The van der Waals surface area contributed by atoms with Crippen LogP contribution in [0.15, 0.2) is 18.2 Å². The normalized spacial score (nSPS) is 12.6. The molecular formula is C17H29NS. The van der Waals surface area contributed by atoms with Crippen molar-refractivity contribution in [3.63, 3.8) is 0 Å². The minimum Gasteiger partial charge on any atom is -0.313 e. The highest BCUT2D eigenvalue weighted by atomic mass is 32.2. The fourth-order valence-corrected chi connectivity index (χ4v) is 3.36. The Morgan fingerprint density at radius 1 is 1.05 bits per heavy atom. The van der Waals surface area contributed by atoms with Crippen molar-refractivity contribution < 1.29 is 0 Å². The molecule has 1 atom stereocenters. The highest BCUT2D eigenvalue weighted by Gasteiger charge is 2.09. The summed E-state index contributed by atoms with van der Waals surface area (Å²) in [4.78, 5) is 0. The Hall–Kier alpha value is -0.470. The van der Waals surface area contributed by atoms with Crippen molar-refractivity contribution in [3.8, 4) is 0 Å². The van der Waals surface area contributed by atoms with Crippen LogP contribution in [0.3, 0.4) is 0 Å². The van der Waals surface area contributed by atoms with Gasteiger partial charge in [-0.3, -0.25) is 0 Å². The van der Waals surface area contributed by atoms with Crippen LogP contribution in [0.25, 0.3) is 0 Å². The van der Waals surface area contributed by atoms with Crippen molar-refractivity contribution in [1.29, 1.82) is 0 Å². The lowest BCUT2D eigenvalue weighted by Gasteiger charge is -2.19. The summed E-state index contributed by atoms with van der Waals surface area (Å²) in [6.07, 6.45) is 3.63. The molecule has 0 fully saturated rings. The molecule has 0 saturated carbocycles. The molecule has 1 aromatic carbocycles. The van der Waals surface area contributed by atoms with Crippen LogP contribution in [-0.2, 0) is 6.42 Å². The largest absolute Gasteiger partial charge is 0.313 e. The third kappa shape index (κ3) is 7.03. The van der Waals surface area contributed by atoms with Gasteiger partial charge in [0.2, 0.25) is 0 Å². The maximum absolute atomic E-state index is 3.69. The summed E-state index contributed by atoms with van der Waals surface area (Å²) in [7, 11) is 0. The fourth-order valence-electron chi connectivity index (χ4n) is 2.38. The summed E-state index contributed by atoms with van der Waals surface area (Å²) in [6.45, 7) is 10.0. The molecule has 0 aliphatic heterocycles. The van der Waals surface area contributed by atoms with Gasteiger partial charge in [0.15, 0.2) is 0 Å². The average molecular weight is 279 g/mol. The van der Waals surface area contributed by atoms with Crippen LogP contribution in [0, 0.1) is 13.8 Å².